The number of phenolic OH excluding ortho intramolecular Hbond substituents is 1. The van der Waals surface area contributed by atoms with Gasteiger partial charge in [0.1, 0.15) is 22.8 Å². The van der Waals surface area contributed by atoms with Crippen molar-refractivity contribution in [2.24, 2.45) is 17.6 Å². The van der Waals surface area contributed by atoms with Gasteiger partial charge in [-0.05, 0) is 82.5 Å². The predicted octanol–water partition coefficient (Wildman–Crippen LogP) is 2.01. The Morgan fingerprint density at radius 2 is 1.86 bits per heavy atom. The average Bonchev–Trinajstić information content (AvgIpc) is 2.97. The fourth-order valence-corrected chi connectivity index (χ4v) is 7.60. The number of nitrogens with zero attached hydrogens (tertiary/aromatic N) is 3. The molecule has 43 heavy (non-hydrogen) atoms. The van der Waals surface area contributed by atoms with Crippen LogP contribution in [0.3, 0.4) is 0 Å². The molecule has 226 valence electrons. The molecule has 11 heteroatoms. The van der Waals surface area contributed by atoms with Gasteiger partial charge in [-0.25, -0.2) is 0 Å². The molecule has 1 saturated carbocycles. The Labute approximate surface area is 248 Å². The first-order valence-electron chi connectivity index (χ1n) is 14.6. The summed E-state index contributed by atoms with van der Waals surface area (Å²) < 4.78 is 0. The van der Waals surface area contributed by atoms with Crippen LogP contribution in [0.1, 0.15) is 42.4 Å². The van der Waals surface area contributed by atoms with Crippen molar-refractivity contribution in [2.45, 2.75) is 50.3 Å². The average molecular weight is 589 g/mol. The Balaban J connectivity index is 1.56. The molecule has 0 unspecified atom stereocenters. The summed E-state index contributed by atoms with van der Waals surface area (Å²) >= 11 is 0. The molecule has 2 fully saturated rings. The molecule has 1 aromatic heterocycles. The minimum atomic E-state index is -2.67. The monoisotopic (exact) mass is 588 g/mol. The Morgan fingerprint density at radius 1 is 1.14 bits per heavy atom. The van der Waals surface area contributed by atoms with E-state index >= 15 is 0 Å². The fraction of sp³-hybridized carbons (Fsp3) is 0.438. The highest BCUT2D eigenvalue weighted by Gasteiger charge is 2.64. The predicted molar refractivity (Wildman–Crippen MR) is 157 cm³/mol. The maximum atomic E-state index is 14.2. The van der Waals surface area contributed by atoms with E-state index in [1.807, 2.05) is 18.2 Å². The van der Waals surface area contributed by atoms with Crippen LogP contribution in [-0.4, -0.2) is 91.5 Å². The first-order valence-corrected chi connectivity index (χ1v) is 14.6. The van der Waals surface area contributed by atoms with E-state index in [0.717, 1.165) is 32.4 Å². The molecular weight excluding hydrogens is 552 g/mol. The van der Waals surface area contributed by atoms with Crippen LogP contribution in [0.5, 0.6) is 5.75 Å². The van der Waals surface area contributed by atoms with E-state index in [2.05, 4.69) is 9.88 Å². The topological polar surface area (TPSA) is 178 Å². The first-order chi connectivity index (χ1) is 20.5. The second-order valence-corrected chi connectivity index (χ2v) is 12.3. The Bertz CT molecular complexity index is 1590. The maximum Gasteiger partial charge on any atom is 0.255 e. The van der Waals surface area contributed by atoms with Gasteiger partial charge in [0.25, 0.3) is 5.91 Å². The molecule has 1 saturated heterocycles. The number of primary amides is 1. The smallest absolute Gasteiger partial charge is 0.255 e. The number of aromatic hydroxyl groups is 1. The van der Waals surface area contributed by atoms with Crippen molar-refractivity contribution in [3.63, 3.8) is 0 Å². The molecule has 0 bridgehead atoms. The lowest BCUT2D eigenvalue weighted by Crippen LogP contribution is -2.65. The van der Waals surface area contributed by atoms with Crippen molar-refractivity contribution in [3.05, 3.63) is 64.1 Å². The summed E-state index contributed by atoms with van der Waals surface area (Å²) in [6.45, 7) is 2.18. The van der Waals surface area contributed by atoms with Gasteiger partial charge in [-0.1, -0.05) is 12.5 Å². The van der Waals surface area contributed by atoms with Crippen LogP contribution < -0.4 is 5.73 Å². The van der Waals surface area contributed by atoms with Crippen molar-refractivity contribution in [2.75, 3.05) is 27.2 Å². The molecule has 4 atom stereocenters. The lowest BCUT2D eigenvalue weighted by molar-refractivity contribution is -0.153. The number of ketones is 2. The molecule has 2 heterocycles. The van der Waals surface area contributed by atoms with E-state index in [0.29, 0.717) is 28.9 Å². The fourth-order valence-electron chi connectivity index (χ4n) is 7.60. The van der Waals surface area contributed by atoms with Crippen LogP contribution in [0.2, 0.25) is 0 Å². The Morgan fingerprint density at radius 3 is 2.49 bits per heavy atom. The number of hydrogen-bond donors (Lipinski definition) is 5. The minimum Gasteiger partial charge on any atom is -0.508 e. The molecule has 1 aliphatic heterocycles. The van der Waals surface area contributed by atoms with Gasteiger partial charge in [0.2, 0.25) is 5.78 Å². The van der Waals surface area contributed by atoms with Crippen LogP contribution in [-0.2, 0) is 27.3 Å². The number of piperidine rings is 1. The zero-order valence-electron chi connectivity index (χ0n) is 24.2. The molecule has 1 aromatic carbocycles. The number of aromatic nitrogens is 1. The number of nitrogens with two attached hydrogens (primary N) is 1. The number of hydrogen-bond acceptors (Lipinski definition) is 10. The van der Waals surface area contributed by atoms with Gasteiger partial charge in [-0.2, -0.15) is 0 Å². The van der Waals surface area contributed by atoms with E-state index in [9.17, 15) is 34.8 Å². The van der Waals surface area contributed by atoms with Crippen LogP contribution in [0, 0.1) is 11.8 Å². The normalized spacial score (nSPS) is 27.7. The molecule has 6 N–H and O–H groups in total. The van der Waals surface area contributed by atoms with E-state index in [4.69, 9.17) is 5.73 Å². The lowest BCUT2D eigenvalue weighted by atomic mass is 9.57. The number of benzene rings is 1. The molecule has 6 rings (SSSR count). The largest absolute Gasteiger partial charge is 0.508 e. The number of fused-ring (bicyclic) bond motifs is 3. The number of carbonyl (C=O) groups excluding carboxylic acids is 3. The molecule has 1 amide bonds. The number of amides is 1. The van der Waals surface area contributed by atoms with E-state index in [1.54, 1.807) is 26.4 Å². The van der Waals surface area contributed by atoms with Gasteiger partial charge in [0.15, 0.2) is 11.4 Å². The Kier molecular flexibility index (Phi) is 7.15. The summed E-state index contributed by atoms with van der Waals surface area (Å²) in [6, 6.07) is 6.25. The molecule has 11 nitrogen and oxygen atoms in total. The lowest BCUT2D eigenvalue weighted by Gasteiger charge is -2.50. The van der Waals surface area contributed by atoms with Crippen molar-refractivity contribution in [1.82, 2.24) is 14.8 Å². The molecular formula is C32H36N4O7. The van der Waals surface area contributed by atoms with E-state index < -0.39 is 58.0 Å². The van der Waals surface area contributed by atoms with Crippen molar-refractivity contribution in [1.29, 1.82) is 0 Å². The van der Waals surface area contributed by atoms with Gasteiger partial charge >= 0.3 is 0 Å². The van der Waals surface area contributed by atoms with Gasteiger partial charge < -0.3 is 26.2 Å². The highest BCUT2D eigenvalue weighted by molar-refractivity contribution is 6.24. The van der Waals surface area contributed by atoms with E-state index in [-0.39, 0.29) is 29.7 Å². The van der Waals surface area contributed by atoms with Gasteiger partial charge in [0.05, 0.1) is 17.3 Å². The summed E-state index contributed by atoms with van der Waals surface area (Å²) in [5.41, 5.74) is 4.37. The van der Waals surface area contributed by atoms with Gasteiger partial charge in [0, 0.05) is 35.4 Å². The Hall–Kier alpha value is -4.06. The third-order valence-electron chi connectivity index (χ3n) is 9.58. The third kappa shape index (κ3) is 4.37. The molecule has 4 aliphatic rings. The summed E-state index contributed by atoms with van der Waals surface area (Å²) in [4.78, 5) is 48.0. The number of aliphatic hydroxyl groups excluding tert-OH is 2. The molecule has 3 aliphatic carbocycles. The van der Waals surface area contributed by atoms with Crippen LogP contribution in [0.15, 0.2) is 47.4 Å². The number of likely N-dealkylation sites (N-methyl/N-ethyl adjacent to an activating group) is 1. The van der Waals surface area contributed by atoms with E-state index in [1.165, 1.54) is 4.90 Å². The first kappa shape index (κ1) is 29.0. The number of aliphatic hydroxyl groups is 3. The van der Waals surface area contributed by atoms with Crippen LogP contribution in [0.25, 0.3) is 17.0 Å². The van der Waals surface area contributed by atoms with Gasteiger partial charge in [-0.3, -0.25) is 29.2 Å². The summed E-state index contributed by atoms with van der Waals surface area (Å²) in [6.07, 6.45) is 5.14. The number of likely N-dealkylation sites (tertiary alicyclic amines) is 1. The maximum absolute atomic E-state index is 14.2. The molecule has 0 spiro atoms. The quantitative estimate of drug-likeness (QED) is 0.325. The number of rotatable bonds is 5. The summed E-state index contributed by atoms with van der Waals surface area (Å²) in [5, 5.41) is 46.4. The highest BCUT2D eigenvalue weighted by Crippen LogP contribution is 2.54. The second-order valence-electron chi connectivity index (χ2n) is 12.3. The van der Waals surface area contributed by atoms with Crippen LogP contribution in [0.4, 0.5) is 0 Å². The van der Waals surface area contributed by atoms with Gasteiger partial charge in [-0.15, -0.1) is 0 Å². The minimum absolute atomic E-state index is 0.0315. The summed E-state index contributed by atoms with van der Waals surface area (Å²) in [7, 11) is 3.16. The van der Waals surface area contributed by atoms with Crippen molar-refractivity contribution in [3.8, 4) is 17.0 Å². The molecule has 0 radical (unpaired) electrons. The standard InChI is InChI=1S/C32H36N4O7/c1-35(2)25-20-14-16-12-19-18(21-8-4-5-9-34-21)13-17(15-36-10-6-3-7-11-36)26(37)23(19)27(38)22(16)29(40)32(20,43)30(41)24(28(25)39)31(33)42/h4-5,8-9,13,16,20,25,37-38,41,43H,3,6-7,10-12,14-15H2,1-2H3,(H2,33,42)/t16-,20-,25+,32+/m0/s1. The highest BCUT2D eigenvalue weighted by atomic mass is 16.3. The second kappa shape index (κ2) is 10.6. The number of carbonyl (C=O) groups is 3. The molecule has 2 aromatic rings. The zero-order chi connectivity index (χ0) is 30.8. The zero-order valence-corrected chi connectivity index (χ0v) is 24.2. The third-order valence-corrected chi connectivity index (χ3v) is 9.58. The SMILES string of the molecule is CN(C)[C@H]1C(=O)C(C(N)=O)=C(O)[C@]2(O)C(=O)C3=C(O)c4c(O)c(CN5CCCCC5)cc(-c5ccccn5)c4C[C@H]3C[C@@H]12. The van der Waals surface area contributed by atoms with Crippen molar-refractivity contribution < 1.29 is 34.8 Å². The van der Waals surface area contributed by atoms with Crippen molar-refractivity contribution >= 4 is 23.2 Å². The number of Topliss-reactive ketones (excluding diaryl/α,β-unsaturated/α-hetero) is 2. The summed E-state index contributed by atoms with van der Waals surface area (Å²) in [5.74, 6) is -6.59. The number of phenols is 1. The van der Waals surface area contributed by atoms with Crippen LogP contribution >= 0.6 is 0 Å². The number of pyridine rings is 1.